The molecule has 1 fully saturated rings. The molecule has 0 saturated carbocycles. The Bertz CT molecular complexity index is 340. The van der Waals surface area contributed by atoms with Gasteiger partial charge in [-0.25, -0.2) is 0 Å². The monoisotopic (exact) mass is 238 g/mol. The number of hydrogen-bond acceptors (Lipinski definition) is 3. The Hall–Kier alpha value is -0.670. The Morgan fingerprint density at radius 3 is 2.75 bits per heavy atom. The maximum atomic E-state index is 9.59. The fraction of sp³-hybridized carbons (Fsp3) is 0.538. The van der Waals surface area contributed by atoms with E-state index in [1.807, 2.05) is 23.9 Å². The summed E-state index contributed by atoms with van der Waals surface area (Å²) in [7, 11) is 0. The molecule has 1 aromatic rings. The molecule has 2 rings (SSSR count). The molecular weight excluding hydrogens is 220 g/mol. The number of benzene rings is 1. The van der Waals surface area contributed by atoms with Crippen LogP contribution in [0.2, 0.25) is 0 Å². The first-order valence-electron chi connectivity index (χ1n) is 5.63. The molecule has 1 saturated heterocycles. The number of aromatic hydroxyl groups is 1. The first kappa shape index (κ1) is 11.8. The summed E-state index contributed by atoms with van der Waals surface area (Å²) >= 11 is 1.87. The van der Waals surface area contributed by atoms with Crippen molar-refractivity contribution >= 4 is 11.8 Å². The quantitative estimate of drug-likeness (QED) is 0.878. The molecular formula is C13H18O2S. The zero-order valence-corrected chi connectivity index (χ0v) is 10.4. The zero-order valence-electron chi connectivity index (χ0n) is 9.61. The third-order valence-corrected chi connectivity index (χ3v) is 4.17. The van der Waals surface area contributed by atoms with Gasteiger partial charge in [0.05, 0.1) is 0 Å². The van der Waals surface area contributed by atoms with Crippen LogP contribution in [0.1, 0.15) is 18.4 Å². The molecule has 0 unspecified atom stereocenters. The highest BCUT2D eigenvalue weighted by Crippen LogP contribution is 2.38. The smallest absolute Gasteiger partial charge is 0.115 e. The fourth-order valence-corrected chi connectivity index (χ4v) is 3.40. The summed E-state index contributed by atoms with van der Waals surface area (Å²) < 4.78 is 5.45. The molecule has 1 aliphatic rings. The van der Waals surface area contributed by atoms with E-state index < -0.39 is 0 Å². The number of ether oxygens (including phenoxy) is 1. The van der Waals surface area contributed by atoms with Gasteiger partial charge in [0.1, 0.15) is 5.75 Å². The lowest BCUT2D eigenvalue weighted by molar-refractivity contribution is 0.0579. The number of phenols is 1. The van der Waals surface area contributed by atoms with E-state index in [1.54, 1.807) is 6.07 Å². The summed E-state index contributed by atoms with van der Waals surface area (Å²) in [4.78, 5) is 0. The third kappa shape index (κ3) is 2.36. The minimum Gasteiger partial charge on any atom is -0.508 e. The molecule has 1 N–H and O–H groups in total. The second-order valence-corrected chi connectivity index (χ2v) is 5.24. The average molecular weight is 238 g/mol. The normalized spacial score (nSPS) is 19.6. The lowest BCUT2D eigenvalue weighted by Gasteiger charge is -2.37. The first-order valence-corrected chi connectivity index (χ1v) is 7.02. The molecule has 2 nitrogen and oxygen atoms in total. The van der Waals surface area contributed by atoms with E-state index in [9.17, 15) is 5.11 Å². The number of phenolic OH excluding ortho intramolecular Hbond substituents is 1. The van der Waals surface area contributed by atoms with Crippen molar-refractivity contribution in [3.05, 3.63) is 29.8 Å². The molecule has 0 aromatic heterocycles. The second kappa shape index (κ2) is 5.11. The van der Waals surface area contributed by atoms with Crippen LogP contribution in [0.4, 0.5) is 0 Å². The van der Waals surface area contributed by atoms with Crippen molar-refractivity contribution in [2.24, 2.45) is 0 Å². The summed E-state index contributed by atoms with van der Waals surface area (Å²) in [5.74, 6) is 1.46. The van der Waals surface area contributed by atoms with Crippen molar-refractivity contribution in [2.75, 3.05) is 25.2 Å². The molecule has 1 aromatic carbocycles. The Morgan fingerprint density at radius 2 is 2.12 bits per heavy atom. The van der Waals surface area contributed by atoms with Crippen molar-refractivity contribution in [3.8, 4) is 5.75 Å². The van der Waals surface area contributed by atoms with Crippen molar-refractivity contribution in [2.45, 2.75) is 18.3 Å². The van der Waals surface area contributed by atoms with Gasteiger partial charge in [-0.1, -0.05) is 12.1 Å². The summed E-state index contributed by atoms with van der Waals surface area (Å²) in [6.07, 6.45) is 4.24. The number of hydrogen-bond donors (Lipinski definition) is 1. The van der Waals surface area contributed by atoms with Gasteiger partial charge in [0.25, 0.3) is 0 Å². The second-order valence-electron chi connectivity index (χ2n) is 4.38. The predicted molar refractivity (Wildman–Crippen MR) is 68.2 cm³/mol. The SMILES string of the molecule is CSCC1(c2cccc(O)c2)CCOCC1. The molecule has 88 valence electrons. The Kier molecular flexibility index (Phi) is 3.77. The lowest BCUT2D eigenvalue weighted by atomic mass is 9.76. The number of rotatable bonds is 3. The Labute approximate surface area is 101 Å². The fourth-order valence-electron chi connectivity index (χ4n) is 2.39. The minimum atomic E-state index is 0.191. The van der Waals surface area contributed by atoms with Gasteiger partial charge >= 0.3 is 0 Å². The van der Waals surface area contributed by atoms with Crippen LogP contribution in [0.5, 0.6) is 5.75 Å². The van der Waals surface area contributed by atoms with E-state index in [-0.39, 0.29) is 5.41 Å². The van der Waals surface area contributed by atoms with Crippen LogP contribution in [-0.2, 0) is 10.2 Å². The van der Waals surface area contributed by atoms with Crippen LogP contribution in [0, 0.1) is 0 Å². The summed E-state index contributed by atoms with van der Waals surface area (Å²) in [6, 6.07) is 7.70. The molecule has 0 aliphatic carbocycles. The van der Waals surface area contributed by atoms with Crippen LogP contribution in [0.25, 0.3) is 0 Å². The lowest BCUT2D eigenvalue weighted by Crippen LogP contribution is -2.36. The first-order chi connectivity index (χ1) is 7.77. The van der Waals surface area contributed by atoms with Gasteiger partial charge in [-0.15, -0.1) is 0 Å². The molecule has 3 heteroatoms. The molecule has 0 amide bonds. The van der Waals surface area contributed by atoms with Gasteiger partial charge in [-0.05, 0) is 36.8 Å². The van der Waals surface area contributed by atoms with Crippen molar-refractivity contribution in [3.63, 3.8) is 0 Å². The molecule has 0 bridgehead atoms. The summed E-state index contributed by atoms with van der Waals surface area (Å²) in [5.41, 5.74) is 1.45. The molecule has 0 spiro atoms. The predicted octanol–water partition coefficient (Wildman–Crippen LogP) is 2.80. The molecule has 1 aliphatic heterocycles. The van der Waals surface area contributed by atoms with Crippen LogP contribution in [-0.4, -0.2) is 30.3 Å². The Balaban J connectivity index is 2.30. The van der Waals surface area contributed by atoms with E-state index in [4.69, 9.17) is 4.74 Å². The highest BCUT2D eigenvalue weighted by atomic mass is 32.2. The van der Waals surface area contributed by atoms with Crippen molar-refractivity contribution < 1.29 is 9.84 Å². The average Bonchev–Trinajstić information content (AvgIpc) is 2.31. The molecule has 16 heavy (non-hydrogen) atoms. The van der Waals surface area contributed by atoms with Gasteiger partial charge in [0.15, 0.2) is 0 Å². The van der Waals surface area contributed by atoms with Gasteiger partial charge in [0, 0.05) is 24.4 Å². The summed E-state index contributed by atoms with van der Waals surface area (Å²) in [6.45, 7) is 1.66. The largest absolute Gasteiger partial charge is 0.508 e. The molecule has 1 heterocycles. The van der Waals surface area contributed by atoms with Crippen LogP contribution in [0.15, 0.2) is 24.3 Å². The minimum absolute atomic E-state index is 0.191. The maximum absolute atomic E-state index is 9.59. The van der Waals surface area contributed by atoms with Gasteiger partial charge in [0.2, 0.25) is 0 Å². The van der Waals surface area contributed by atoms with Crippen LogP contribution < -0.4 is 0 Å². The highest BCUT2D eigenvalue weighted by Gasteiger charge is 2.34. The zero-order chi connectivity index (χ0) is 11.4. The van der Waals surface area contributed by atoms with Gasteiger partial charge in [-0.2, -0.15) is 11.8 Å². The van der Waals surface area contributed by atoms with Gasteiger partial charge in [-0.3, -0.25) is 0 Å². The van der Waals surface area contributed by atoms with Crippen molar-refractivity contribution in [1.29, 1.82) is 0 Å². The highest BCUT2D eigenvalue weighted by molar-refractivity contribution is 7.98. The van der Waals surface area contributed by atoms with E-state index in [2.05, 4.69) is 12.3 Å². The van der Waals surface area contributed by atoms with E-state index in [1.165, 1.54) is 5.56 Å². The summed E-state index contributed by atoms with van der Waals surface area (Å²) in [5, 5.41) is 9.59. The van der Waals surface area contributed by atoms with Crippen LogP contribution in [0.3, 0.4) is 0 Å². The van der Waals surface area contributed by atoms with Gasteiger partial charge < -0.3 is 9.84 Å². The third-order valence-electron chi connectivity index (χ3n) is 3.33. The standard InChI is InChI=1S/C13H18O2S/c1-16-10-13(5-7-15-8-6-13)11-3-2-4-12(14)9-11/h2-4,9,14H,5-8,10H2,1H3. The van der Waals surface area contributed by atoms with Crippen molar-refractivity contribution in [1.82, 2.24) is 0 Å². The topological polar surface area (TPSA) is 29.5 Å². The van der Waals surface area contributed by atoms with Crippen LogP contribution >= 0.6 is 11.8 Å². The maximum Gasteiger partial charge on any atom is 0.115 e. The van der Waals surface area contributed by atoms with E-state index in [0.29, 0.717) is 5.75 Å². The Morgan fingerprint density at radius 1 is 1.38 bits per heavy atom. The van der Waals surface area contributed by atoms with E-state index >= 15 is 0 Å². The number of thioether (sulfide) groups is 1. The molecule has 0 radical (unpaired) electrons. The van der Waals surface area contributed by atoms with E-state index in [0.717, 1.165) is 31.8 Å². The molecule has 0 atom stereocenters.